The van der Waals surface area contributed by atoms with Crippen molar-refractivity contribution in [2.75, 3.05) is 0 Å². The molecule has 1 aliphatic rings. The Bertz CT molecular complexity index is 973. The highest BCUT2D eigenvalue weighted by Gasteiger charge is 2.23. The summed E-state index contributed by atoms with van der Waals surface area (Å²) in [4.78, 5) is 0. The van der Waals surface area contributed by atoms with Crippen LogP contribution in [-0.2, 0) is 6.42 Å². The third-order valence-electron chi connectivity index (χ3n) is 4.31. The van der Waals surface area contributed by atoms with Crippen LogP contribution in [0.4, 0.5) is 4.39 Å². The standard InChI is InChI=1S/C18H13FN4S/c19-15-6-4-10(8-11(15)9-20)17-22-23-18(24-17)14-3-1-2-13-12(14)5-7-16(13)21/h1-4,6,8,16H,5,7,21H2/t16-/m0/s1. The van der Waals surface area contributed by atoms with Gasteiger partial charge in [-0.3, -0.25) is 0 Å². The predicted molar refractivity (Wildman–Crippen MR) is 90.7 cm³/mol. The van der Waals surface area contributed by atoms with Crippen molar-refractivity contribution >= 4 is 11.3 Å². The zero-order valence-electron chi connectivity index (χ0n) is 12.7. The number of rotatable bonds is 2. The van der Waals surface area contributed by atoms with E-state index < -0.39 is 5.82 Å². The van der Waals surface area contributed by atoms with E-state index in [2.05, 4.69) is 16.3 Å². The molecule has 0 amide bonds. The Labute approximate surface area is 142 Å². The van der Waals surface area contributed by atoms with Crippen LogP contribution in [0.25, 0.3) is 21.1 Å². The van der Waals surface area contributed by atoms with E-state index in [-0.39, 0.29) is 11.6 Å². The Hall–Kier alpha value is -2.62. The molecule has 2 N–H and O–H groups in total. The van der Waals surface area contributed by atoms with Crippen LogP contribution in [-0.4, -0.2) is 10.2 Å². The molecule has 0 spiro atoms. The van der Waals surface area contributed by atoms with E-state index in [9.17, 15) is 4.39 Å². The first-order chi connectivity index (χ1) is 11.7. The quantitative estimate of drug-likeness (QED) is 0.772. The number of nitrogens with zero attached hydrogens (tertiary/aromatic N) is 3. The average Bonchev–Trinajstić information content (AvgIpc) is 3.23. The first-order valence-corrected chi connectivity index (χ1v) is 8.40. The fraction of sp³-hybridized carbons (Fsp3) is 0.167. The topological polar surface area (TPSA) is 75.6 Å². The Morgan fingerprint density at radius 2 is 2.04 bits per heavy atom. The summed E-state index contributed by atoms with van der Waals surface area (Å²) in [6.07, 6.45) is 1.89. The third-order valence-corrected chi connectivity index (χ3v) is 5.31. The summed E-state index contributed by atoms with van der Waals surface area (Å²) in [6.45, 7) is 0. The number of hydrogen-bond acceptors (Lipinski definition) is 5. The van der Waals surface area contributed by atoms with Gasteiger partial charge in [-0.1, -0.05) is 29.5 Å². The maximum atomic E-state index is 13.5. The Morgan fingerprint density at radius 1 is 1.21 bits per heavy atom. The molecular formula is C18H13FN4S. The molecule has 0 bridgehead atoms. The lowest BCUT2D eigenvalue weighted by atomic mass is 10.0. The monoisotopic (exact) mass is 336 g/mol. The number of benzene rings is 2. The Kier molecular flexibility index (Phi) is 3.60. The molecule has 0 aliphatic heterocycles. The van der Waals surface area contributed by atoms with Crippen LogP contribution in [0.15, 0.2) is 36.4 Å². The molecule has 0 radical (unpaired) electrons. The molecular weight excluding hydrogens is 323 g/mol. The Balaban J connectivity index is 1.76. The second-order valence-corrected chi connectivity index (χ2v) is 6.71. The zero-order valence-corrected chi connectivity index (χ0v) is 13.5. The third kappa shape index (κ3) is 2.39. The fourth-order valence-corrected chi connectivity index (χ4v) is 3.97. The van der Waals surface area contributed by atoms with Gasteiger partial charge >= 0.3 is 0 Å². The van der Waals surface area contributed by atoms with Gasteiger partial charge in [-0.25, -0.2) is 4.39 Å². The van der Waals surface area contributed by atoms with Crippen molar-refractivity contribution in [1.29, 1.82) is 5.26 Å². The largest absolute Gasteiger partial charge is 0.324 e. The molecule has 0 saturated carbocycles. The van der Waals surface area contributed by atoms with Gasteiger partial charge in [0.15, 0.2) is 0 Å². The number of nitriles is 1. The molecule has 0 unspecified atom stereocenters. The molecule has 1 aliphatic carbocycles. The molecule has 1 aromatic heterocycles. The second-order valence-electron chi connectivity index (χ2n) is 5.74. The molecule has 2 aromatic carbocycles. The minimum atomic E-state index is -0.527. The van der Waals surface area contributed by atoms with E-state index in [1.165, 1.54) is 34.6 Å². The molecule has 6 heteroatoms. The number of halogens is 1. The molecule has 0 saturated heterocycles. The van der Waals surface area contributed by atoms with Crippen LogP contribution >= 0.6 is 11.3 Å². The summed E-state index contributed by atoms with van der Waals surface area (Å²) in [5, 5.41) is 19.0. The van der Waals surface area contributed by atoms with Crippen LogP contribution in [0.1, 0.15) is 29.2 Å². The molecule has 0 fully saturated rings. The van der Waals surface area contributed by atoms with Crippen molar-refractivity contribution in [3.8, 4) is 27.2 Å². The maximum absolute atomic E-state index is 13.5. The smallest absolute Gasteiger partial charge is 0.148 e. The van der Waals surface area contributed by atoms with Crippen molar-refractivity contribution in [2.24, 2.45) is 5.73 Å². The van der Waals surface area contributed by atoms with E-state index in [0.29, 0.717) is 10.6 Å². The summed E-state index contributed by atoms with van der Waals surface area (Å²) in [5.74, 6) is -0.527. The first-order valence-electron chi connectivity index (χ1n) is 7.58. The van der Waals surface area contributed by atoms with Gasteiger partial charge in [0.25, 0.3) is 0 Å². The predicted octanol–water partition coefficient (Wildman–Crippen LogP) is 3.83. The minimum Gasteiger partial charge on any atom is -0.324 e. The van der Waals surface area contributed by atoms with Crippen LogP contribution in [0.2, 0.25) is 0 Å². The van der Waals surface area contributed by atoms with Gasteiger partial charge in [0.2, 0.25) is 0 Å². The van der Waals surface area contributed by atoms with Crippen LogP contribution < -0.4 is 5.73 Å². The van der Waals surface area contributed by atoms with Crippen LogP contribution in [0.3, 0.4) is 0 Å². The maximum Gasteiger partial charge on any atom is 0.148 e. The van der Waals surface area contributed by atoms with Crippen molar-refractivity contribution in [1.82, 2.24) is 10.2 Å². The first kappa shape index (κ1) is 14.9. The van der Waals surface area contributed by atoms with Crippen molar-refractivity contribution in [3.05, 3.63) is 58.9 Å². The van der Waals surface area contributed by atoms with Crippen LogP contribution in [0.5, 0.6) is 0 Å². The normalized spacial score (nSPS) is 16.0. The van der Waals surface area contributed by atoms with Crippen molar-refractivity contribution in [3.63, 3.8) is 0 Å². The molecule has 3 aromatic rings. The molecule has 4 rings (SSSR count). The Morgan fingerprint density at radius 3 is 2.88 bits per heavy atom. The second kappa shape index (κ2) is 5.78. The number of fused-ring (bicyclic) bond motifs is 1. The molecule has 118 valence electrons. The van der Waals surface area contributed by atoms with E-state index in [1.54, 1.807) is 6.07 Å². The van der Waals surface area contributed by atoms with E-state index in [0.717, 1.165) is 23.4 Å². The lowest BCUT2D eigenvalue weighted by Gasteiger charge is -2.06. The molecule has 1 heterocycles. The number of nitrogens with two attached hydrogens (primary N) is 1. The van der Waals surface area contributed by atoms with Gasteiger partial charge in [0.05, 0.1) is 5.56 Å². The highest BCUT2D eigenvalue weighted by Crippen LogP contribution is 2.38. The molecule has 4 nitrogen and oxygen atoms in total. The lowest BCUT2D eigenvalue weighted by molar-refractivity contribution is 0.624. The van der Waals surface area contributed by atoms with E-state index in [1.807, 2.05) is 18.2 Å². The fourth-order valence-electron chi connectivity index (χ4n) is 3.08. The van der Waals surface area contributed by atoms with Gasteiger partial charge in [0.1, 0.15) is 21.9 Å². The van der Waals surface area contributed by atoms with Gasteiger partial charge in [-0.15, -0.1) is 10.2 Å². The van der Waals surface area contributed by atoms with Gasteiger partial charge in [-0.05, 0) is 42.2 Å². The van der Waals surface area contributed by atoms with Gasteiger partial charge in [0, 0.05) is 17.2 Å². The lowest BCUT2D eigenvalue weighted by Crippen LogP contribution is -2.04. The summed E-state index contributed by atoms with van der Waals surface area (Å²) in [6, 6.07) is 12.4. The van der Waals surface area contributed by atoms with Gasteiger partial charge < -0.3 is 5.73 Å². The van der Waals surface area contributed by atoms with Crippen LogP contribution in [0, 0.1) is 17.1 Å². The highest BCUT2D eigenvalue weighted by atomic mass is 32.1. The molecule has 24 heavy (non-hydrogen) atoms. The highest BCUT2D eigenvalue weighted by molar-refractivity contribution is 7.17. The number of hydrogen-bond donors (Lipinski definition) is 1. The van der Waals surface area contributed by atoms with Gasteiger partial charge in [-0.2, -0.15) is 5.26 Å². The summed E-state index contributed by atoms with van der Waals surface area (Å²) in [7, 11) is 0. The summed E-state index contributed by atoms with van der Waals surface area (Å²) >= 11 is 1.44. The van der Waals surface area contributed by atoms with E-state index >= 15 is 0 Å². The van der Waals surface area contributed by atoms with Crippen molar-refractivity contribution < 1.29 is 4.39 Å². The SMILES string of the molecule is N#Cc1cc(-c2nnc(-c3cccc4c3CC[C@@H]4N)s2)ccc1F. The summed E-state index contributed by atoms with van der Waals surface area (Å²) in [5.41, 5.74) is 10.3. The number of aromatic nitrogens is 2. The average molecular weight is 336 g/mol. The zero-order chi connectivity index (χ0) is 16.7. The minimum absolute atomic E-state index is 0.0100. The van der Waals surface area contributed by atoms with E-state index in [4.69, 9.17) is 11.0 Å². The summed E-state index contributed by atoms with van der Waals surface area (Å²) < 4.78 is 13.5. The van der Waals surface area contributed by atoms with Crippen molar-refractivity contribution in [2.45, 2.75) is 18.9 Å². The molecule has 1 atom stereocenters.